The lowest BCUT2D eigenvalue weighted by molar-refractivity contribution is 0.120. The van der Waals surface area contributed by atoms with Gasteiger partial charge in [0.05, 0.1) is 17.8 Å². The fourth-order valence-corrected chi connectivity index (χ4v) is 3.29. The second-order valence-corrected chi connectivity index (χ2v) is 6.97. The van der Waals surface area contributed by atoms with E-state index in [0.717, 1.165) is 35.9 Å². The van der Waals surface area contributed by atoms with Gasteiger partial charge in [-0.05, 0) is 49.1 Å². The smallest absolute Gasteiger partial charge is 0.223 e. The normalized spacial score (nSPS) is 15.7. The van der Waals surface area contributed by atoms with Crippen LogP contribution in [0.15, 0.2) is 48.9 Å². The molecule has 8 nitrogen and oxygen atoms in total. The van der Waals surface area contributed by atoms with Crippen molar-refractivity contribution in [1.82, 2.24) is 30.1 Å². The van der Waals surface area contributed by atoms with Gasteiger partial charge in [0.1, 0.15) is 11.4 Å². The molecule has 4 aromatic rings. The topological polar surface area (TPSA) is 102 Å². The van der Waals surface area contributed by atoms with Crippen molar-refractivity contribution in [2.75, 3.05) is 18.5 Å². The molecular weight excluding hydrogens is 378 g/mol. The molecule has 1 fully saturated rings. The van der Waals surface area contributed by atoms with Crippen LogP contribution in [0.4, 0.5) is 5.95 Å². The van der Waals surface area contributed by atoms with Gasteiger partial charge in [-0.1, -0.05) is 5.92 Å². The fraction of sp³-hybridized carbons (Fsp3) is 0.227. The van der Waals surface area contributed by atoms with Crippen LogP contribution in [0.3, 0.4) is 0 Å². The summed E-state index contributed by atoms with van der Waals surface area (Å²) in [7, 11) is 0. The molecule has 1 aromatic carbocycles. The van der Waals surface area contributed by atoms with E-state index < -0.39 is 0 Å². The van der Waals surface area contributed by atoms with E-state index in [0.29, 0.717) is 29.7 Å². The highest BCUT2D eigenvalue weighted by atomic mass is 16.5. The number of nitrogens with one attached hydrogen (secondary N) is 2. The Morgan fingerprint density at radius 3 is 3.00 bits per heavy atom. The first-order chi connectivity index (χ1) is 14.8. The molecule has 0 unspecified atom stereocenters. The van der Waals surface area contributed by atoms with Gasteiger partial charge in [-0.3, -0.25) is 5.10 Å². The van der Waals surface area contributed by atoms with Crippen molar-refractivity contribution < 1.29 is 4.74 Å². The molecule has 2 N–H and O–H groups in total. The molecule has 30 heavy (non-hydrogen) atoms. The molecule has 0 spiro atoms. The van der Waals surface area contributed by atoms with Crippen LogP contribution < -0.4 is 5.32 Å². The Balaban J connectivity index is 1.34. The number of aromatic amines is 1. The Morgan fingerprint density at radius 2 is 2.07 bits per heavy atom. The highest BCUT2D eigenvalue weighted by molar-refractivity contribution is 5.79. The van der Waals surface area contributed by atoms with E-state index in [1.807, 2.05) is 18.2 Å². The van der Waals surface area contributed by atoms with Crippen LogP contribution in [0.25, 0.3) is 22.4 Å². The maximum atomic E-state index is 5.62. The number of rotatable bonds is 4. The van der Waals surface area contributed by atoms with Gasteiger partial charge in [0.25, 0.3) is 0 Å². The molecule has 0 radical (unpaired) electrons. The molecule has 0 amide bonds. The van der Waals surface area contributed by atoms with Crippen molar-refractivity contribution in [1.29, 1.82) is 0 Å². The van der Waals surface area contributed by atoms with Crippen LogP contribution >= 0.6 is 0 Å². The average Bonchev–Trinajstić information content (AvgIpc) is 3.48. The largest absolute Gasteiger partial charge is 0.376 e. The molecule has 0 bridgehead atoms. The van der Waals surface area contributed by atoms with Gasteiger partial charge in [0.15, 0.2) is 5.82 Å². The number of aromatic nitrogens is 6. The van der Waals surface area contributed by atoms with Crippen LogP contribution in [-0.2, 0) is 4.74 Å². The lowest BCUT2D eigenvalue weighted by Crippen LogP contribution is -2.19. The van der Waals surface area contributed by atoms with Gasteiger partial charge in [-0.15, -0.1) is 0 Å². The fourth-order valence-electron chi connectivity index (χ4n) is 3.29. The first-order valence-corrected chi connectivity index (χ1v) is 9.80. The van der Waals surface area contributed by atoms with Crippen LogP contribution in [0.2, 0.25) is 0 Å². The van der Waals surface area contributed by atoms with E-state index in [4.69, 9.17) is 4.74 Å². The standard InChI is InChI=1S/C22H19N7O/c1-2-18(30-11-1)14-25-22-24-10-8-20(28-22)21-23-9-7-17(27-21)5-3-15-4-6-19-16(12-15)13-26-29-19/h4,6-10,12-13,18H,1-2,11,14H2,(H,26,29)(H,24,25,28)/t18-/m1/s1. The zero-order valence-electron chi connectivity index (χ0n) is 16.2. The Hall–Kier alpha value is -3.83. The number of hydrogen-bond acceptors (Lipinski definition) is 7. The van der Waals surface area contributed by atoms with E-state index in [2.05, 4.69) is 47.3 Å². The second-order valence-electron chi connectivity index (χ2n) is 6.97. The first kappa shape index (κ1) is 18.2. The van der Waals surface area contributed by atoms with Crippen molar-refractivity contribution in [2.45, 2.75) is 18.9 Å². The SMILES string of the molecule is C(#Cc1ccnc(-c2ccnc(NC[C@H]3CCCO3)n2)n1)c1ccc2[nH]ncc2c1. The zero-order chi connectivity index (χ0) is 20.2. The highest BCUT2D eigenvalue weighted by Gasteiger charge is 2.15. The average molecular weight is 397 g/mol. The summed E-state index contributed by atoms with van der Waals surface area (Å²) in [5.74, 6) is 7.29. The van der Waals surface area contributed by atoms with Gasteiger partial charge in [-0.25, -0.2) is 19.9 Å². The molecule has 0 aliphatic carbocycles. The minimum atomic E-state index is 0.216. The molecule has 1 saturated heterocycles. The number of nitrogens with zero attached hydrogens (tertiary/aromatic N) is 5. The van der Waals surface area contributed by atoms with E-state index in [9.17, 15) is 0 Å². The lowest BCUT2D eigenvalue weighted by atomic mass is 10.1. The zero-order valence-corrected chi connectivity index (χ0v) is 16.2. The minimum Gasteiger partial charge on any atom is -0.376 e. The number of H-pyrrole nitrogens is 1. The van der Waals surface area contributed by atoms with E-state index >= 15 is 0 Å². The van der Waals surface area contributed by atoms with Crippen molar-refractivity contribution in [3.8, 4) is 23.4 Å². The molecule has 1 aliphatic heterocycles. The van der Waals surface area contributed by atoms with Gasteiger partial charge in [0.2, 0.25) is 5.95 Å². The summed E-state index contributed by atoms with van der Waals surface area (Å²) in [4.78, 5) is 17.7. The molecule has 8 heteroatoms. The van der Waals surface area contributed by atoms with Crippen LogP contribution in [0.5, 0.6) is 0 Å². The third-order valence-electron chi connectivity index (χ3n) is 4.83. The van der Waals surface area contributed by atoms with Crippen LogP contribution in [-0.4, -0.2) is 49.4 Å². The van der Waals surface area contributed by atoms with Gasteiger partial charge in [0, 0.05) is 36.5 Å². The second kappa shape index (κ2) is 8.27. The Morgan fingerprint density at radius 1 is 1.10 bits per heavy atom. The maximum absolute atomic E-state index is 5.62. The maximum Gasteiger partial charge on any atom is 0.223 e. The number of benzene rings is 1. The predicted molar refractivity (Wildman–Crippen MR) is 113 cm³/mol. The Labute approximate surface area is 173 Å². The van der Waals surface area contributed by atoms with Crippen molar-refractivity contribution in [3.05, 3.63) is 60.2 Å². The minimum absolute atomic E-state index is 0.216. The summed E-state index contributed by atoms with van der Waals surface area (Å²) >= 11 is 0. The lowest BCUT2D eigenvalue weighted by Gasteiger charge is -2.10. The number of fused-ring (bicyclic) bond motifs is 1. The Kier molecular flexibility index (Phi) is 5.02. The van der Waals surface area contributed by atoms with E-state index in [1.165, 1.54) is 0 Å². The monoisotopic (exact) mass is 397 g/mol. The van der Waals surface area contributed by atoms with Crippen LogP contribution in [0.1, 0.15) is 24.1 Å². The van der Waals surface area contributed by atoms with Gasteiger partial charge >= 0.3 is 0 Å². The van der Waals surface area contributed by atoms with Crippen molar-refractivity contribution in [2.24, 2.45) is 0 Å². The quantitative estimate of drug-likeness (QED) is 0.511. The third kappa shape index (κ3) is 4.11. The molecule has 5 rings (SSSR count). The molecule has 4 heterocycles. The van der Waals surface area contributed by atoms with Crippen LogP contribution in [0, 0.1) is 11.8 Å². The molecule has 3 aromatic heterocycles. The predicted octanol–water partition coefficient (Wildman–Crippen LogP) is 2.80. The summed E-state index contributed by atoms with van der Waals surface area (Å²) < 4.78 is 5.62. The first-order valence-electron chi connectivity index (χ1n) is 9.80. The third-order valence-corrected chi connectivity index (χ3v) is 4.83. The molecule has 1 aliphatic rings. The number of anilines is 1. The summed E-state index contributed by atoms with van der Waals surface area (Å²) in [6, 6.07) is 9.47. The van der Waals surface area contributed by atoms with E-state index in [1.54, 1.807) is 30.7 Å². The summed E-state index contributed by atoms with van der Waals surface area (Å²) in [6.07, 6.45) is 7.54. The van der Waals surface area contributed by atoms with Crippen molar-refractivity contribution in [3.63, 3.8) is 0 Å². The summed E-state index contributed by atoms with van der Waals surface area (Å²) in [6.45, 7) is 1.52. The highest BCUT2D eigenvalue weighted by Crippen LogP contribution is 2.16. The van der Waals surface area contributed by atoms with E-state index in [-0.39, 0.29) is 6.10 Å². The van der Waals surface area contributed by atoms with Gasteiger partial charge < -0.3 is 10.1 Å². The molecular formula is C22H19N7O. The molecule has 1 atom stereocenters. The summed E-state index contributed by atoms with van der Waals surface area (Å²) in [5.41, 5.74) is 3.15. The molecule has 148 valence electrons. The molecule has 0 saturated carbocycles. The van der Waals surface area contributed by atoms with Crippen molar-refractivity contribution >= 4 is 16.9 Å². The van der Waals surface area contributed by atoms with Gasteiger partial charge in [-0.2, -0.15) is 5.10 Å². The summed E-state index contributed by atoms with van der Waals surface area (Å²) in [5, 5.41) is 11.2. The number of hydrogen-bond donors (Lipinski definition) is 2. The Bertz CT molecular complexity index is 1230. The number of ether oxygens (including phenoxy) is 1.